The van der Waals surface area contributed by atoms with Crippen molar-refractivity contribution in [1.29, 1.82) is 0 Å². The first-order valence-electron chi connectivity index (χ1n) is 4.99. The van der Waals surface area contributed by atoms with Gasteiger partial charge in [0.1, 0.15) is 9.84 Å². The van der Waals surface area contributed by atoms with E-state index in [2.05, 4.69) is 0 Å². The summed E-state index contributed by atoms with van der Waals surface area (Å²) in [7, 11) is -2.93. The maximum atomic E-state index is 11.2. The fourth-order valence-electron chi connectivity index (χ4n) is 2.08. The lowest BCUT2D eigenvalue weighted by atomic mass is 9.82. The highest BCUT2D eigenvalue weighted by molar-refractivity contribution is 7.91. The molecule has 0 atom stereocenters. The van der Waals surface area contributed by atoms with Crippen LogP contribution in [-0.2, 0) is 9.84 Å². The van der Waals surface area contributed by atoms with Crippen LogP contribution in [0.4, 0.5) is 0 Å². The van der Waals surface area contributed by atoms with E-state index in [9.17, 15) is 13.5 Å². The molecule has 5 heteroatoms. The zero-order valence-corrected chi connectivity index (χ0v) is 9.39. The van der Waals surface area contributed by atoms with Gasteiger partial charge in [0.2, 0.25) is 0 Å². The van der Waals surface area contributed by atoms with Gasteiger partial charge in [0, 0.05) is 6.26 Å². The molecule has 0 aliphatic heterocycles. The molecule has 0 heterocycles. The van der Waals surface area contributed by atoms with Crippen molar-refractivity contribution in [3.8, 4) is 0 Å². The number of hydrogen-bond donors (Lipinski definition) is 2. The van der Waals surface area contributed by atoms with E-state index in [0.29, 0.717) is 38.6 Å². The largest absolute Gasteiger partial charge is 0.390 e. The Labute approximate surface area is 85.4 Å². The summed E-state index contributed by atoms with van der Waals surface area (Å²) in [6.45, 7) is 0.458. The number of sulfone groups is 1. The molecule has 4 nitrogen and oxygen atoms in total. The van der Waals surface area contributed by atoms with Crippen LogP contribution in [0.3, 0.4) is 0 Å². The first kappa shape index (κ1) is 11.9. The molecule has 0 spiro atoms. The van der Waals surface area contributed by atoms with Crippen molar-refractivity contribution < 1.29 is 13.5 Å². The van der Waals surface area contributed by atoms with Crippen LogP contribution in [0.5, 0.6) is 0 Å². The summed E-state index contributed by atoms with van der Waals surface area (Å²) >= 11 is 0. The number of rotatable bonds is 3. The van der Waals surface area contributed by atoms with Crippen molar-refractivity contribution in [1.82, 2.24) is 0 Å². The Bertz CT molecular complexity index is 278. The van der Waals surface area contributed by atoms with Crippen molar-refractivity contribution in [2.45, 2.75) is 43.0 Å². The minimum atomic E-state index is -2.93. The molecular weight excluding hydrogens is 202 g/mol. The van der Waals surface area contributed by atoms with Crippen LogP contribution < -0.4 is 5.73 Å². The van der Waals surface area contributed by atoms with Crippen LogP contribution in [0.15, 0.2) is 0 Å². The van der Waals surface area contributed by atoms with Gasteiger partial charge in [0.25, 0.3) is 0 Å². The molecule has 1 aliphatic carbocycles. The average Bonchev–Trinajstić information content (AvgIpc) is 2.03. The van der Waals surface area contributed by atoms with Crippen LogP contribution in [0.25, 0.3) is 0 Å². The monoisotopic (exact) mass is 221 g/mol. The Morgan fingerprint density at radius 3 is 2.29 bits per heavy atom. The molecule has 0 bridgehead atoms. The van der Waals surface area contributed by atoms with Gasteiger partial charge in [-0.05, 0) is 38.6 Å². The average molecular weight is 221 g/mol. The third-order valence-electron chi connectivity index (χ3n) is 3.08. The summed E-state index contributed by atoms with van der Waals surface area (Å²) in [5, 5.41) is 9.72. The van der Waals surface area contributed by atoms with Gasteiger partial charge < -0.3 is 10.8 Å². The SMILES string of the molecule is CS(=O)(=O)C1CCC(O)(CCN)CC1. The highest BCUT2D eigenvalue weighted by Gasteiger charge is 2.35. The summed E-state index contributed by atoms with van der Waals surface area (Å²) in [6, 6.07) is 0. The summed E-state index contributed by atoms with van der Waals surface area (Å²) in [5.41, 5.74) is 4.67. The Hall–Kier alpha value is -0.130. The molecule has 1 fully saturated rings. The van der Waals surface area contributed by atoms with E-state index in [4.69, 9.17) is 5.73 Å². The van der Waals surface area contributed by atoms with Gasteiger partial charge in [0.05, 0.1) is 10.9 Å². The lowest BCUT2D eigenvalue weighted by molar-refractivity contribution is -0.000515. The summed E-state index contributed by atoms with van der Waals surface area (Å²) < 4.78 is 22.5. The zero-order chi connectivity index (χ0) is 10.8. The van der Waals surface area contributed by atoms with Crippen LogP contribution in [0.1, 0.15) is 32.1 Å². The Kier molecular flexibility index (Phi) is 3.55. The van der Waals surface area contributed by atoms with Gasteiger partial charge in [-0.25, -0.2) is 8.42 Å². The first-order chi connectivity index (χ1) is 6.37. The lowest BCUT2D eigenvalue weighted by Gasteiger charge is -2.35. The van der Waals surface area contributed by atoms with E-state index in [1.54, 1.807) is 0 Å². The summed E-state index contributed by atoms with van der Waals surface area (Å²) in [5.74, 6) is 0. The molecule has 1 rings (SSSR count). The maximum Gasteiger partial charge on any atom is 0.150 e. The predicted molar refractivity (Wildman–Crippen MR) is 55.7 cm³/mol. The molecule has 3 N–H and O–H groups in total. The molecule has 0 aromatic heterocycles. The number of aliphatic hydroxyl groups is 1. The maximum absolute atomic E-state index is 11.2. The highest BCUT2D eigenvalue weighted by Crippen LogP contribution is 2.33. The smallest absolute Gasteiger partial charge is 0.150 e. The van der Waals surface area contributed by atoms with E-state index >= 15 is 0 Å². The molecule has 84 valence electrons. The predicted octanol–water partition coefficient (Wildman–Crippen LogP) is 0.0535. The molecule has 0 unspecified atom stereocenters. The van der Waals surface area contributed by atoms with E-state index in [1.807, 2.05) is 0 Å². The van der Waals surface area contributed by atoms with Crippen molar-refractivity contribution in [2.75, 3.05) is 12.8 Å². The topological polar surface area (TPSA) is 80.4 Å². The van der Waals surface area contributed by atoms with Crippen molar-refractivity contribution in [3.05, 3.63) is 0 Å². The van der Waals surface area contributed by atoms with Crippen LogP contribution >= 0.6 is 0 Å². The minimum absolute atomic E-state index is 0.263. The van der Waals surface area contributed by atoms with Crippen molar-refractivity contribution in [2.24, 2.45) is 5.73 Å². The molecule has 1 aliphatic rings. The van der Waals surface area contributed by atoms with Gasteiger partial charge in [0.15, 0.2) is 0 Å². The standard InChI is InChI=1S/C9H19NO3S/c1-14(12,13)8-2-4-9(11,5-3-8)6-7-10/h8,11H,2-7,10H2,1H3. The first-order valence-corrected chi connectivity index (χ1v) is 6.94. The molecule has 0 saturated heterocycles. The van der Waals surface area contributed by atoms with E-state index in [0.717, 1.165) is 0 Å². The summed E-state index contributed by atoms with van der Waals surface area (Å²) in [6.07, 6.45) is 4.09. The molecule has 0 radical (unpaired) electrons. The minimum Gasteiger partial charge on any atom is -0.390 e. The summed E-state index contributed by atoms with van der Waals surface area (Å²) in [4.78, 5) is 0. The molecule has 0 aromatic rings. The number of hydrogen-bond acceptors (Lipinski definition) is 4. The van der Waals surface area contributed by atoms with E-state index in [1.165, 1.54) is 6.26 Å². The lowest BCUT2D eigenvalue weighted by Crippen LogP contribution is -2.39. The van der Waals surface area contributed by atoms with Crippen molar-refractivity contribution in [3.63, 3.8) is 0 Å². The molecule has 1 saturated carbocycles. The molecule has 0 aromatic carbocycles. The third-order valence-corrected chi connectivity index (χ3v) is 4.76. The fraction of sp³-hybridized carbons (Fsp3) is 1.00. The third kappa shape index (κ3) is 2.93. The van der Waals surface area contributed by atoms with Crippen LogP contribution in [-0.4, -0.2) is 37.2 Å². The second-order valence-electron chi connectivity index (χ2n) is 4.29. The van der Waals surface area contributed by atoms with E-state index in [-0.39, 0.29) is 5.25 Å². The quantitative estimate of drug-likeness (QED) is 0.706. The van der Waals surface area contributed by atoms with E-state index < -0.39 is 15.4 Å². The molecular formula is C9H19NO3S. The molecule has 0 amide bonds. The second kappa shape index (κ2) is 4.16. The Balaban J connectivity index is 2.54. The van der Waals surface area contributed by atoms with Crippen LogP contribution in [0.2, 0.25) is 0 Å². The normalized spacial score (nSPS) is 34.4. The number of nitrogens with two attached hydrogens (primary N) is 1. The Morgan fingerprint density at radius 2 is 1.93 bits per heavy atom. The van der Waals surface area contributed by atoms with Gasteiger partial charge in [-0.2, -0.15) is 0 Å². The van der Waals surface area contributed by atoms with Crippen molar-refractivity contribution >= 4 is 9.84 Å². The van der Waals surface area contributed by atoms with Gasteiger partial charge in [-0.3, -0.25) is 0 Å². The van der Waals surface area contributed by atoms with Gasteiger partial charge >= 0.3 is 0 Å². The zero-order valence-electron chi connectivity index (χ0n) is 8.57. The molecule has 14 heavy (non-hydrogen) atoms. The van der Waals surface area contributed by atoms with Gasteiger partial charge in [-0.15, -0.1) is 0 Å². The van der Waals surface area contributed by atoms with Gasteiger partial charge in [-0.1, -0.05) is 0 Å². The highest BCUT2D eigenvalue weighted by atomic mass is 32.2. The Morgan fingerprint density at radius 1 is 1.43 bits per heavy atom. The fourth-order valence-corrected chi connectivity index (χ4v) is 3.17. The van der Waals surface area contributed by atoms with Crippen LogP contribution in [0, 0.1) is 0 Å². The second-order valence-corrected chi connectivity index (χ2v) is 6.62.